The van der Waals surface area contributed by atoms with E-state index in [1.54, 1.807) is 31.3 Å². The minimum atomic E-state index is -0.608. The first-order chi connectivity index (χ1) is 12.4. The second-order valence-corrected chi connectivity index (χ2v) is 6.48. The van der Waals surface area contributed by atoms with Gasteiger partial charge in [-0.05, 0) is 40.1 Å². The molecule has 142 valence electrons. The van der Waals surface area contributed by atoms with Crippen LogP contribution in [0.15, 0.2) is 30.6 Å². The average Bonchev–Trinajstić information content (AvgIpc) is 3.02. The number of aromatic nitrogens is 2. The summed E-state index contributed by atoms with van der Waals surface area (Å²) >= 11 is 0. The third kappa shape index (κ3) is 5.49. The van der Waals surface area contributed by atoms with Crippen molar-refractivity contribution in [2.45, 2.75) is 26.5 Å². The van der Waals surface area contributed by atoms with Crippen molar-refractivity contribution in [3.63, 3.8) is 0 Å². The third-order valence-electron chi connectivity index (χ3n) is 4.11. The zero-order chi connectivity index (χ0) is 19.1. The summed E-state index contributed by atoms with van der Waals surface area (Å²) < 4.78 is 11.0. The molecule has 0 spiro atoms. The predicted octanol–water partition coefficient (Wildman–Crippen LogP) is 2.08. The number of aryl methyl sites for hydroxylation is 1. The zero-order valence-corrected chi connectivity index (χ0v) is 16.2. The van der Waals surface area contributed by atoms with Crippen LogP contribution in [0, 0.1) is 6.92 Å². The van der Waals surface area contributed by atoms with Gasteiger partial charge in [0.15, 0.2) is 6.10 Å². The van der Waals surface area contributed by atoms with Crippen molar-refractivity contribution in [1.29, 1.82) is 0 Å². The average molecular weight is 360 g/mol. The van der Waals surface area contributed by atoms with Crippen LogP contribution in [0.4, 0.5) is 0 Å². The van der Waals surface area contributed by atoms with E-state index in [-0.39, 0.29) is 5.91 Å². The molecule has 1 atom stereocenters. The van der Waals surface area contributed by atoms with Crippen molar-refractivity contribution in [2.75, 3.05) is 34.3 Å². The van der Waals surface area contributed by atoms with E-state index in [2.05, 4.69) is 9.97 Å². The summed E-state index contributed by atoms with van der Waals surface area (Å²) in [5.41, 5.74) is 1.83. The molecule has 2 aromatic rings. The second-order valence-electron chi connectivity index (χ2n) is 6.48. The molecule has 7 heteroatoms. The molecule has 0 aliphatic rings. The Morgan fingerprint density at radius 2 is 2.00 bits per heavy atom. The maximum atomic E-state index is 13.0. The molecule has 1 aromatic heterocycles. The largest absolute Gasteiger partial charge is 0.497 e. The van der Waals surface area contributed by atoms with E-state index < -0.39 is 6.10 Å². The lowest BCUT2D eigenvalue weighted by atomic mass is 10.2. The van der Waals surface area contributed by atoms with Crippen LogP contribution in [0.3, 0.4) is 0 Å². The van der Waals surface area contributed by atoms with Crippen LogP contribution in [0.5, 0.6) is 11.5 Å². The van der Waals surface area contributed by atoms with E-state index >= 15 is 0 Å². The number of benzene rings is 1. The summed E-state index contributed by atoms with van der Waals surface area (Å²) in [6.45, 7) is 5.54. The number of ether oxygens (including phenoxy) is 2. The smallest absolute Gasteiger partial charge is 0.263 e. The Hall–Kier alpha value is -2.54. The number of carbonyl (C=O) groups is 1. The SMILES string of the molecule is COc1cccc(OC(C)C(=O)N(CCN(C)C)Cc2nc[nH]c2C)c1. The Morgan fingerprint density at radius 3 is 2.62 bits per heavy atom. The van der Waals surface area contributed by atoms with Gasteiger partial charge in [-0.15, -0.1) is 0 Å². The summed E-state index contributed by atoms with van der Waals surface area (Å²) in [6, 6.07) is 7.26. The summed E-state index contributed by atoms with van der Waals surface area (Å²) in [6.07, 6.45) is 1.04. The summed E-state index contributed by atoms with van der Waals surface area (Å²) in [5.74, 6) is 1.23. The van der Waals surface area contributed by atoms with Crippen molar-refractivity contribution in [3.05, 3.63) is 42.0 Å². The van der Waals surface area contributed by atoms with Crippen molar-refractivity contribution in [2.24, 2.45) is 0 Å². The van der Waals surface area contributed by atoms with Crippen LogP contribution in [-0.2, 0) is 11.3 Å². The molecule has 0 aliphatic carbocycles. The molecule has 0 saturated carbocycles. The van der Waals surface area contributed by atoms with Gasteiger partial charge in [0.2, 0.25) is 0 Å². The van der Waals surface area contributed by atoms with Crippen molar-refractivity contribution < 1.29 is 14.3 Å². The zero-order valence-electron chi connectivity index (χ0n) is 16.2. The summed E-state index contributed by atoms with van der Waals surface area (Å²) in [7, 11) is 5.57. The van der Waals surface area contributed by atoms with Gasteiger partial charge in [0.05, 0.1) is 25.7 Å². The quantitative estimate of drug-likeness (QED) is 0.741. The lowest BCUT2D eigenvalue weighted by molar-refractivity contribution is -0.138. The van der Waals surface area contributed by atoms with Crippen LogP contribution in [0.1, 0.15) is 18.3 Å². The van der Waals surface area contributed by atoms with Crippen LogP contribution >= 0.6 is 0 Å². The Labute approximate surface area is 154 Å². The fourth-order valence-corrected chi connectivity index (χ4v) is 2.50. The van der Waals surface area contributed by atoms with Crippen LogP contribution in [-0.4, -0.2) is 66.1 Å². The molecule has 1 heterocycles. The molecule has 26 heavy (non-hydrogen) atoms. The van der Waals surface area contributed by atoms with E-state index in [0.29, 0.717) is 24.6 Å². The highest BCUT2D eigenvalue weighted by Gasteiger charge is 2.23. The van der Waals surface area contributed by atoms with Crippen molar-refractivity contribution in [1.82, 2.24) is 19.8 Å². The van der Waals surface area contributed by atoms with E-state index in [0.717, 1.165) is 17.9 Å². The Kier molecular flexibility index (Phi) is 7.03. The summed E-state index contributed by atoms with van der Waals surface area (Å²) in [4.78, 5) is 24.2. The molecule has 1 N–H and O–H groups in total. The highest BCUT2D eigenvalue weighted by Crippen LogP contribution is 2.20. The van der Waals surface area contributed by atoms with Gasteiger partial charge in [-0.3, -0.25) is 4.79 Å². The van der Waals surface area contributed by atoms with Gasteiger partial charge in [0.1, 0.15) is 11.5 Å². The molecule has 2 rings (SSSR count). The molecular formula is C19H28N4O3. The Balaban J connectivity index is 2.08. The number of nitrogens with zero attached hydrogens (tertiary/aromatic N) is 3. The van der Waals surface area contributed by atoms with Crippen molar-refractivity contribution in [3.8, 4) is 11.5 Å². The minimum Gasteiger partial charge on any atom is -0.497 e. The number of hydrogen-bond acceptors (Lipinski definition) is 5. The number of nitrogens with one attached hydrogen (secondary N) is 1. The van der Waals surface area contributed by atoms with Gasteiger partial charge in [0, 0.05) is 24.8 Å². The molecule has 0 bridgehead atoms. The molecule has 0 saturated heterocycles. The Morgan fingerprint density at radius 1 is 1.27 bits per heavy atom. The van der Waals surface area contributed by atoms with E-state index in [4.69, 9.17) is 9.47 Å². The number of imidazole rings is 1. The molecular weight excluding hydrogens is 332 g/mol. The highest BCUT2D eigenvalue weighted by molar-refractivity contribution is 5.81. The maximum absolute atomic E-state index is 13.0. The van der Waals surface area contributed by atoms with Gasteiger partial charge >= 0.3 is 0 Å². The standard InChI is InChI=1S/C19H28N4O3/c1-14-18(21-13-20-14)12-23(10-9-22(3)4)19(24)15(2)26-17-8-6-7-16(11-17)25-5/h6-8,11,13,15H,9-10,12H2,1-5H3,(H,20,21). The van der Waals surface area contributed by atoms with E-state index in [1.807, 2.05) is 44.1 Å². The molecule has 1 aromatic carbocycles. The minimum absolute atomic E-state index is 0.0722. The highest BCUT2D eigenvalue weighted by atomic mass is 16.5. The normalized spacial score (nSPS) is 12.1. The molecule has 0 aliphatic heterocycles. The van der Waals surface area contributed by atoms with Gasteiger partial charge in [-0.1, -0.05) is 6.07 Å². The van der Waals surface area contributed by atoms with Gasteiger partial charge in [-0.2, -0.15) is 0 Å². The molecule has 1 unspecified atom stereocenters. The number of carbonyl (C=O) groups excluding carboxylic acids is 1. The van der Waals surface area contributed by atoms with Gasteiger partial charge in [0.25, 0.3) is 5.91 Å². The number of likely N-dealkylation sites (N-methyl/N-ethyl adjacent to an activating group) is 1. The fraction of sp³-hybridized carbons (Fsp3) is 0.474. The summed E-state index contributed by atoms with van der Waals surface area (Å²) in [5, 5.41) is 0. The van der Waals surface area contributed by atoms with Crippen LogP contribution in [0.25, 0.3) is 0 Å². The number of hydrogen-bond donors (Lipinski definition) is 1. The number of H-pyrrole nitrogens is 1. The first-order valence-electron chi connectivity index (χ1n) is 8.63. The monoisotopic (exact) mass is 360 g/mol. The Bertz CT molecular complexity index is 714. The number of aromatic amines is 1. The molecule has 1 amide bonds. The van der Waals surface area contributed by atoms with Crippen LogP contribution in [0.2, 0.25) is 0 Å². The first kappa shape index (κ1) is 19.8. The lowest BCUT2D eigenvalue weighted by Crippen LogP contribution is -2.43. The second kappa shape index (κ2) is 9.24. The van der Waals surface area contributed by atoms with Gasteiger partial charge in [-0.25, -0.2) is 4.98 Å². The first-order valence-corrected chi connectivity index (χ1v) is 8.63. The fourth-order valence-electron chi connectivity index (χ4n) is 2.50. The third-order valence-corrected chi connectivity index (χ3v) is 4.11. The number of methoxy groups -OCH3 is 1. The van der Waals surface area contributed by atoms with Crippen LogP contribution < -0.4 is 9.47 Å². The molecule has 0 fully saturated rings. The topological polar surface area (TPSA) is 70.7 Å². The predicted molar refractivity (Wildman–Crippen MR) is 100 cm³/mol. The maximum Gasteiger partial charge on any atom is 0.263 e. The van der Waals surface area contributed by atoms with Gasteiger partial charge < -0.3 is 24.3 Å². The molecule has 7 nitrogen and oxygen atoms in total. The van der Waals surface area contributed by atoms with Crippen molar-refractivity contribution >= 4 is 5.91 Å². The number of amides is 1. The van der Waals surface area contributed by atoms with E-state index in [1.165, 1.54) is 0 Å². The number of rotatable bonds is 9. The molecule has 0 radical (unpaired) electrons. The lowest BCUT2D eigenvalue weighted by Gasteiger charge is -2.27. The van der Waals surface area contributed by atoms with E-state index in [9.17, 15) is 4.79 Å².